The maximum Gasteiger partial charge on any atom is 0.141 e. The van der Waals surface area contributed by atoms with Gasteiger partial charge in [0.2, 0.25) is 0 Å². The van der Waals surface area contributed by atoms with Gasteiger partial charge in [0.25, 0.3) is 0 Å². The first kappa shape index (κ1) is 17.4. The topological polar surface area (TPSA) is 36.1 Å². The average molecular weight is 314 g/mol. The molecule has 0 aromatic heterocycles. The number of allylic oxidation sites excluding steroid dienone is 3. The molecule has 120 valence electrons. The van der Waals surface area contributed by atoms with Gasteiger partial charge in [-0.15, -0.1) is 0 Å². The monoisotopic (exact) mass is 314 g/mol. The van der Waals surface area contributed by atoms with Crippen LogP contribution in [0.5, 0.6) is 0 Å². The molecule has 0 fully saturated rings. The smallest absolute Gasteiger partial charge is 0.141 e. The van der Waals surface area contributed by atoms with Gasteiger partial charge in [-0.1, -0.05) is 78.9 Å². The summed E-state index contributed by atoms with van der Waals surface area (Å²) in [7, 11) is 0. The Morgan fingerprint density at radius 3 is 1.96 bits per heavy atom. The fourth-order valence-electron chi connectivity index (χ4n) is 2.50. The van der Waals surface area contributed by atoms with Crippen molar-refractivity contribution in [3.05, 3.63) is 95.6 Å². The standard InChI is InChI=1S/C22H22N2/c1-3-11-18(4-2)16-21(17-23)24-22(19-12-7-5-8-13-19)20-14-9-6-10-15-20/h3-15,21H,16H2,1-2H3/b11-3-,18-4+. The molecule has 2 aromatic rings. The van der Waals surface area contributed by atoms with Gasteiger partial charge in [0.15, 0.2) is 0 Å². The molecule has 1 atom stereocenters. The minimum absolute atomic E-state index is 0.414. The normalized spacial score (nSPS) is 12.6. The van der Waals surface area contributed by atoms with Crippen LogP contribution in [0.1, 0.15) is 31.4 Å². The van der Waals surface area contributed by atoms with Crippen molar-refractivity contribution >= 4 is 5.71 Å². The van der Waals surface area contributed by atoms with E-state index < -0.39 is 6.04 Å². The Bertz CT molecular complexity index is 721. The van der Waals surface area contributed by atoms with Crippen molar-refractivity contribution in [1.29, 1.82) is 5.26 Å². The molecule has 1 unspecified atom stereocenters. The van der Waals surface area contributed by atoms with Crippen molar-refractivity contribution in [2.24, 2.45) is 4.99 Å². The van der Waals surface area contributed by atoms with Crippen molar-refractivity contribution in [2.75, 3.05) is 0 Å². The predicted molar refractivity (Wildman–Crippen MR) is 101 cm³/mol. The quantitative estimate of drug-likeness (QED) is 0.524. The molecule has 2 heteroatoms. The largest absolute Gasteiger partial charge is 0.265 e. The van der Waals surface area contributed by atoms with E-state index in [4.69, 9.17) is 4.99 Å². The van der Waals surface area contributed by atoms with Crippen LogP contribution in [0.2, 0.25) is 0 Å². The number of nitriles is 1. The first-order valence-corrected chi connectivity index (χ1v) is 8.14. The Morgan fingerprint density at radius 1 is 1.00 bits per heavy atom. The molecule has 0 spiro atoms. The lowest BCUT2D eigenvalue weighted by molar-refractivity contribution is 0.827. The van der Waals surface area contributed by atoms with Crippen LogP contribution in [-0.2, 0) is 0 Å². The first-order valence-electron chi connectivity index (χ1n) is 8.14. The molecular formula is C22H22N2. The van der Waals surface area contributed by atoms with Crippen LogP contribution < -0.4 is 0 Å². The maximum atomic E-state index is 9.57. The highest BCUT2D eigenvalue weighted by Crippen LogP contribution is 2.16. The summed E-state index contributed by atoms with van der Waals surface area (Å²) in [6.07, 6.45) is 6.67. The van der Waals surface area contributed by atoms with Crippen LogP contribution in [0, 0.1) is 11.3 Å². The van der Waals surface area contributed by atoms with E-state index in [0.29, 0.717) is 6.42 Å². The summed E-state index contributed by atoms with van der Waals surface area (Å²) < 4.78 is 0. The zero-order chi connectivity index (χ0) is 17.2. The molecule has 0 N–H and O–H groups in total. The Morgan fingerprint density at radius 2 is 1.54 bits per heavy atom. The lowest BCUT2D eigenvalue weighted by atomic mass is 10.0. The van der Waals surface area contributed by atoms with Gasteiger partial charge in [0.05, 0.1) is 11.8 Å². The van der Waals surface area contributed by atoms with Gasteiger partial charge in [-0.05, 0) is 19.4 Å². The molecular weight excluding hydrogens is 292 g/mol. The molecule has 2 aromatic carbocycles. The van der Waals surface area contributed by atoms with Gasteiger partial charge < -0.3 is 0 Å². The first-order chi connectivity index (χ1) is 11.8. The van der Waals surface area contributed by atoms with E-state index in [2.05, 4.69) is 6.07 Å². The van der Waals surface area contributed by atoms with Gasteiger partial charge in [-0.25, -0.2) is 0 Å². The Kier molecular flexibility index (Phi) is 6.73. The van der Waals surface area contributed by atoms with Crippen LogP contribution >= 0.6 is 0 Å². The molecule has 0 aliphatic rings. The van der Waals surface area contributed by atoms with E-state index >= 15 is 0 Å². The average Bonchev–Trinajstić information content (AvgIpc) is 2.65. The number of hydrogen-bond donors (Lipinski definition) is 0. The zero-order valence-electron chi connectivity index (χ0n) is 14.2. The Balaban J connectivity index is 2.42. The summed E-state index contributed by atoms with van der Waals surface area (Å²) in [6.45, 7) is 3.97. The van der Waals surface area contributed by atoms with E-state index in [1.807, 2.05) is 92.7 Å². The number of aliphatic imine (C=N–C) groups is 1. The highest BCUT2D eigenvalue weighted by atomic mass is 14.8. The van der Waals surface area contributed by atoms with Crippen LogP contribution in [-0.4, -0.2) is 11.8 Å². The summed E-state index contributed by atoms with van der Waals surface area (Å²) in [6, 6.07) is 22.0. The molecule has 24 heavy (non-hydrogen) atoms. The van der Waals surface area contributed by atoms with Crippen LogP contribution in [0.3, 0.4) is 0 Å². The van der Waals surface area contributed by atoms with Gasteiger partial charge in [-0.3, -0.25) is 4.99 Å². The summed E-state index contributed by atoms with van der Waals surface area (Å²) >= 11 is 0. The van der Waals surface area contributed by atoms with Crippen LogP contribution in [0.15, 0.2) is 89.5 Å². The highest BCUT2D eigenvalue weighted by Gasteiger charge is 2.12. The summed E-state index contributed by atoms with van der Waals surface area (Å²) in [5, 5.41) is 9.57. The molecule has 0 radical (unpaired) electrons. The van der Waals surface area contributed by atoms with E-state index in [-0.39, 0.29) is 0 Å². The minimum Gasteiger partial charge on any atom is -0.265 e. The molecule has 0 heterocycles. The van der Waals surface area contributed by atoms with Crippen molar-refractivity contribution in [2.45, 2.75) is 26.3 Å². The van der Waals surface area contributed by atoms with Crippen molar-refractivity contribution in [3.63, 3.8) is 0 Å². The van der Waals surface area contributed by atoms with E-state index in [1.54, 1.807) is 0 Å². The van der Waals surface area contributed by atoms with E-state index in [0.717, 1.165) is 22.4 Å². The summed E-state index contributed by atoms with van der Waals surface area (Å²) in [4.78, 5) is 4.79. The number of nitrogens with zero attached hydrogens (tertiary/aromatic N) is 2. The molecule has 0 aliphatic carbocycles. The minimum atomic E-state index is -0.414. The molecule has 0 aliphatic heterocycles. The molecule has 0 saturated carbocycles. The van der Waals surface area contributed by atoms with Crippen LogP contribution in [0.25, 0.3) is 0 Å². The van der Waals surface area contributed by atoms with E-state index in [9.17, 15) is 5.26 Å². The third kappa shape index (κ3) is 4.79. The van der Waals surface area contributed by atoms with E-state index in [1.165, 1.54) is 0 Å². The fraction of sp³-hybridized carbons (Fsp3) is 0.182. The summed E-state index contributed by atoms with van der Waals surface area (Å²) in [5.74, 6) is 0. The Labute approximate surface area is 144 Å². The highest BCUT2D eigenvalue weighted by molar-refractivity contribution is 6.13. The maximum absolute atomic E-state index is 9.57. The SMILES string of the molecule is C/C=C\C(=C/C)CC(C#N)N=C(c1ccccc1)c1ccccc1. The lowest BCUT2D eigenvalue weighted by Gasteiger charge is -2.11. The van der Waals surface area contributed by atoms with Gasteiger partial charge >= 0.3 is 0 Å². The summed E-state index contributed by atoms with van der Waals surface area (Å²) in [5.41, 5.74) is 4.03. The molecule has 0 bridgehead atoms. The Hall–Kier alpha value is -2.92. The van der Waals surface area contributed by atoms with Crippen LogP contribution in [0.4, 0.5) is 0 Å². The third-order valence-corrected chi connectivity index (χ3v) is 3.71. The van der Waals surface area contributed by atoms with Crippen molar-refractivity contribution < 1.29 is 0 Å². The third-order valence-electron chi connectivity index (χ3n) is 3.71. The number of hydrogen-bond acceptors (Lipinski definition) is 2. The second-order valence-corrected chi connectivity index (χ2v) is 5.42. The fourth-order valence-corrected chi connectivity index (χ4v) is 2.50. The molecule has 2 rings (SSSR count). The van der Waals surface area contributed by atoms with Gasteiger partial charge in [0, 0.05) is 17.5 Å². The second-order valence-electron chi connectivity index (χ2n) is 5.42. The number of rotatable bonds is 6. The molecule has 0 saturated heterocycles. The van der Waals surface area contributed by atoms with Gasteiger partial charge in [0.1, 0.15) is 6.04 Å². The zero-order valence-corrected chi connectivity index (χ0v) is 14.2. The number of benzene rings is 2. The van der Waals surface area contributed by atoms with Crippen molar-refractivity contribution in [1.82, 2.24) is 0 Å². The molecule has 0 amide bonds. The lowest BCUT2D eigenvalue weighted by Crippen LogP contribution is -2.10. The van der Waals surface area contributed by atoms with Gasteiger partial charge in [-0.2, -0.15) is 5.26 Å². The second kappa shape index (κ2) is 9.27. The predicted octanol–water partition coefficient (Wildman–Crippen LogP) is 5.33. The van der Waals surface area contributed by atoms with Crippen molar-refractivity contribution in [3.8, 4) is 6.07 Å². The molecule has 2 nitrogen and oxygen atoms in total.